The van der Waals surface area contributed by atoms with E-state index in [0.717, 1.165) is 0 Å². The van der Waals surface area contributed by atoms with E-state index in [2.05, 4.69) is 16.0 Å². The maximum atomic E-state index is 12.9. The van der Waals surface area contributed by atoms with E-state index in [1.54, 1.807) is 26.0 Å². The molecule has 0 aromatic heterocycles. The number of nitrogens with two attached hydrogens (primary N) is 2. The molecule has 4 amide bonds. The summed E-state index contributed by atoms with van der Waals surface area (Å²) in [4.78, 5) is 59.5. The molecular weight excluding hydrogens is 434 g/mol. The van der Waals surface area contributed by atoms with Gasteiger partial charge in [-0.25, -0.2) is 4.79 Å². The van der Waals surface area contributed by atoms with Crippen molar-refractivity contribution in [3.8, 4) is 5.75 Å². The van der Waals surface area contributed by atoms with E-state index < -0.39 is 60.7 Å². The van der Waals surface area contributed by atoms with Crippen molar-refractivity contribution in [2.75, 3.05) is 6.54 Å². The molecule has 1 aromatic carbocycles. The van der Waals surface area contributed by atoms with Crippen LogP contribution < -0.4 is 27.4 Å². The molecule has 0 spiro atoms. The van der Waals surface area contributed by atoms with Crippen LogP contribution in [0, 0.1) is 5.92 Å². The number of benzene rings is 1. The lowest BCUT2D eigenvalue weighted by Gasteiger charge is -2.24. The second-order valence-corrected chi connectivity index (χ2v) is 7.70. The first kappa shape index (κ1) is 27.4. The van der Waals surface area contributed by atoms with E-state index in [0.29, 0.717) is 12.0 Å². The third-order valence-corrected chi connectivity index (χ3v) is 4.99. The highest BCUT2D eigenvalue weighted by Crippen LogP contribution is 2.13. The van der Waals surface area contributed by atoms with E-state index in [1.807, 2.05) is 0 Å². The van der Waals surface area contributed by atoms with Gasteiger partial charge < -0.3 is 37.6 Å². The number of carboxylic acid groups (broad SMARTS) is 1. The second-order valence-electron chi connectivity index (χ2n) is 7.70. The van der Waals surface area contributed by atoms with Gasteiger partial charge in [-0.2, -0.15) is 0 Å². The number of carbonyl (C=O) groups is 5. The molecule has 0 aliphatic heterocycles. The molecule has 33 heavy (non-hydrogen) atoms. The summed E-state index contributed by atoms with van der Waals surface area (Å²) in [7, 11) is 0. The molecule has 0 aliphatic carbocycles. The summed E-state index contributed by atoms with van der Waals surface area (Å²) in [6.07, 6.45) is 0.106. The molecular formula is C21H31N5O7. The third kappa shape index (κ3) is 9.56. The normalized spacial score (nSPS) is 14.3. The molecule has 4 unspecified atom stereocenters. The van der Waals surface area contributed by atoms with Crippen LogP contribution in [0.1, 0.15) is 32.3 Å². The lowest BCUT2D eigenvalue weighted by atomic mass is 9.98. The summed E-state index contributed by atoms with van der Waals surface area (Å²) in [6, 6.07) is 2.37. The molecule has 0 saturated heterocycles. The third-order valence-electron chi connectivity index (χ3n) is 4.99. The van der Waals surface area contributed by atoms with Crippen molar-refractivity contribution < 1.29 is 34.2 Å². The van der Waals surface area contributed by atoms with Crippen LogP contribution >= 0.6 is 0 Å². The molecule has 0 heterocycles. The fourth-order valence-electron chi connectivity index (χ4n) is 2.87. The first-order valence-corrected chi connectivity index (χ1v) is 10.4. The number of phenols is 1. The zero-order valence-corrected chi connectivity index (χ0v) is 18.5. The van der Waals surface area contributed by atoms with Crippen molar-refractivity contribution in [3.05, 3.63) is 29.8 Å². The number of carbonyl (C=O) groups excluding carboxylic acids is 4. The minimum Gasteiger partial charge on any atom is -0.508 e. The van der Waals surface area contributed by atoms with E-state index >= 15 is 0 Å². The van der Waals surface area contributed by atoms with Crippen molar-refractivity contribution >= 4 is 29.6 Å². The van der Waals surface area contributed by atoms with Crippen LogP contribution in [-0.4, -0.2) is 64.5 Å². The Kier molecular flexibility index (Phi) is 10.8. The number of aromatic hydroxyl groups is 1. The summed E-state index contributed by atoms with van der Waals surface area (Å²) in [5.41, 5.74) is 11.1. The molecule has 0 saturated carbocycles. The minimum absolute atomic E-state index is 0.000165. The molecule has 1 aromatic rings. The van der Waals surface area contributed by atoms with Crippen molar-refractivity contribution in [2.45, 2.75) is 51.2 Å². The first-order chi connectivity index (χ1) is 15.4. The summed E-state index contributed by atoms with van der Waals surface area (Å²) >= 11 is 0. The van der Waals surface area contributed by atoms with Gasteiger partial charge in [0.1, 0.15) is 17.8 Å². The molecule has 182 valence electrons. The fraction of sp³-hybridized carbons (Fsp3) is 0.476. The number of hydrogen-bond acceptors (Lipinski definition) is 7. The van der Waals surface area contributed by atoms with Gasteiger partial charge in [0.25, 0.3) is 0 Å². The molecule has 9 N–H and O–H groups in total. The molecule has 12 nitrogen and oxygen atoms in total. The van der Waals surface area contributed by atoms with Gasteiger partial charge >= 0.3 is 5.97 Å². The van der Waals surface area contributed by atoms with Crippen LogP contribution in [0.15, 0.2) is 24.3 Å². The van der Waals surface area contributed by atoms with Gasteiger partial charge in [0.2, 0.25) is 23.6 Å². The first-order valence-electron chi connectivity index (χ1n) is 10.4. The quantitative estimate of drug-likeness (QED) is 0.179. The molecule has 1 rings (SSSR count). The topological polar surface area (TPSA) is 214 Å². The maximum Gasteiger partial charge on any atom is 0.326 e. The molecule has 0 aliphatic rings. The predicted molar refractivity (Wildman–Crippen MR) is 118 cm³/mol. The molecule has 4 atom stereocenters. The van der Waals surface area contributed by atoms with Gasteiger partial charge in [0.15, 0.2) is 0 Å². The van der Waals surface area contributed by atoms with Crippen molar-refractivity contribution in [2.24, 2.45) is 17.4 Å². The van der Waals surface area contributed by atoms with E-state index in [9.17, 15) is 34.2 Å². The van der Waals surface area contributed by atoms with Crippen LogP contribution in [-0.2, 0) is 30.4 Å². The van der Waals surface area contributed by atoms with Gasteiger partial charge in [-0.15, -0.1) is 0 Å². The van der Waals surface area contributed by atoms with Crippen LogP contribution in [0.4, 0.5) is 0 Å². The van der Waals surface area contributed by atoms with Crippen molar-refractivity contribution in [1.29, 1.82) is 0 Å². The average molecular weight is 466 g/mol. The zero-order valence-electron chi connectivity index (χ0n) is 18.5. The number of primary amides is 1. The second kappa shape index (κ2) is 13.0. The number of rotatable bonds is 13. The smallest absolute Gasteiger partial charge is 0.326 e. The number of phenolic OH excluding ortho intramolecular Hbond substituents is 1. The van der Waals surface area contributed by atoms with Gasteiger partial charge in [0.05, 0.1) is 19.0 Å². The molecule has 12 heteroatoms. The molecule has 0 fully saturated rings. The fourth-order valence-corrected chi connectivity index (χ4v) is 2.87. The number of hydrogen-bond donors (Lipinski definition) is 7. The van der Waals surface area contributed by atoms with Gasteiger partial charge in [-0.1, -0.05) is 32.4 Å². The summed E-state index contributed by atoms with van der Waals surface area (Å²) < 4.78 is 0. The van der Waals surface area contributed by atoms with Crippen LogP contribution in [0.2, 0.25) is 0 Å². The Morgan fingerprint density at radius 3 is 2.15 bits per heavy atom. The minimum atomic E-state index is -1.22. The maximum absolute atomic E-state index is 12.9. The monoisotopic (exact) mass is 465 g/mol. The summed E-state index contributed by atoms with van der Waals surface area (Å²) in [5, 5.41) is 26.0. The van der Waals surface area contributed by atoms with Crippen molar-refractivity contribution in [1.82, 2.24) is 16.0 Å². The van der Waals surface area contributed by atoms with Gasteiger partial charge in [-0.3, -0.25) is 19.2 Å². The Labute approximate surface area is 191 Å². The number of nitrogens with one attached hydrogen (secondary N) is 3. The van der Waals surface area contributed by atoms with Gasteiger partial charge in [0, 0.05) is 6.42 Å². The summed E-state index contributed by atoms with van der Waals surface area (Å²) in [5.74, 6) is -4.55. The predicted octanol–water partition coefficient (Wildman–Crippen LogP) is -1.65. The highest BCUT2D eigenvalue weighted by molar-refractivity contribution is 5.93. The van der Waals surface area contributed by atoms with Crippen molar-refractivity contribution in [3.63, 3.8) is 0 Å². The zero-order chi connectivity index (χ0) is 25.1. The highest BCUT2D eigenvalue weighted by Gasteiger charge is 2.30. The average Bonchev–Trinajstić information content (AvgIpc) is 2.75. The lowest BCUT2D eigenvalue weighted by Crippen LogP contribution is -2.55. The molecule has 0 bridgehead atoms. The number of carboxylic acids is 1. The highest BCUT2D eigenvalue weighted by atomic mass is 16.4. The standard InChI is InChI=1S/C21H31N5O7/c1-3-11(2)18(21(32)33)26-20(31)15(8-12-4-6-13(27)7-5-12)25-17(29)10-24-19(30)14(22)9-16(23)28/h4-7,11,14-15,18,27H,3,8-10,22H2,1-2H3,(H2,23,28)(H,24,30)(H,25,29)(H,26,31)(H,32,33). The Hall–Kier alpha value is -3.67. The van der Waals surface area contributed by atoms with Gasteiger partial charge in [-0.05, 0) is 23.6 Å². The molecule has 0 radical (unpaired) electrons. The van der Waals surface area contributed by atoms with E-state index in [-0.39, 0.29) is 18.1 Å². The Balaban J connectivity index is 2.91. The SMILES string of the molecule is CCC(C)C(NC(=O)C(Cc1ccc(O)cc1)NC(=O)CNC(=O)C(N)CC(N)=O)C(=O)O. The number of aliphatic carboxylic acids is 1. The Bertz CT molecular complexity index is 859. The Morgan fingerprint density at radius 2 is 1.64 bits per heavy atom. The largest absolute Gasteiger partial charge is 0.508 e. The van der Waals surface area contributed by atoms with Crippen LogP contribution in [0.5, 0.6) is 5.75 Å². The van der Waals surface area contributed by atoms with E-state index in [1.165, 1.54) is 12.1 Å². The van der Waals surface area contributed by atoms with E-state index in [4.69, 9.17) is 11.5 Å². The van der Waals surface area contributed by atoms with Crippen LogP contribution in [0.3, 0.4) is 0 Å². The lowest BCUT2D eigenvalue weighted by molar-refractivity contribution is -0.143. The number of amides is 4. The van der Waals surface area contributed by atoms with Crippen LogP contribution in [0.25, 0.3) is 0 Å². The Morgan fingerprint density at radius 1 is 1.03 bits per heavy atom. The summed E-state index contributed by atoms with van der Waals surface area (Å²) in [6.45, 7) is 2.93.